The molecule has 0 saturated heterocycles. The summed E-state index contributed by atoms with van der Waals surface area (Å²) >= 11 is 2.64. The van der Waals surface area contributed by atoms with E-state index in [2.05, 4.69) is 10.3 Å². The van der Waals surface area contributed by atoms with E-state index in [0.29, 0.717) is 25.7 Å². The predicted octanol–water partition coefficient (Wildman–Crippen LogP) is 5.88. The van der Waals surface area contributed by atoms with Gasteiger partial charge in [0.25, 0.3) is 5.91 Å². The van der Waals surface area contributed by atoms with Gasteiger partial charge in [0, 0.05) is 33.2 Å². The third-order valence-corrected chi connectivity index (χ3v) is 6.72. The van der Waals surface area contributed by atoms with Crippen molar-refractivity contribution in [2.24, 2.45) is 0 Å². The highest BCUT2D eigenvalue weighted by Crippen LogP contribution is 2.36. The highest BCUT2D eigenvalue weighted by atomic mass is 32.1. The van der Waals surface area contributed by atoms with E-state index in [1.54, 1.807) is 19.2 Å². The van der Waals surface area contributed by atoms with Crippen LogP contribution < -0.4 is 10.1 Å². The fourth-order valence-electron chi connectivity index (χ4n) is 3.25. The van der Waals surface area contributed by atoms with Crippen LogP contribution in [0.1, 0.15) is 20.1 Å². The van der Waals surface area contributed by atoms with E-state index in [1.165, 1.54) is 35.8 Å². The van der Waals surface area contributed by atoms with Gasteiger partial charge in [-0.05, 0) is 43.3 Å². The molecule has 8 heteroatoms. The molecule has 0 unspecified atom stereocenters. The molecule has 30 heavy (non-hydrogen) atoms. The molecular weight excluding hydrogens is 423 g/mol. The summed E-state index contributed by atoms with van der Waals surface area (Å²) in [7, 11) is 3.14. The number of amides is 1. The number of hydrogen-bond donors (Lipinski definition) is 1. The molecule has 0 fully saturated rings. The number of ether oxygens (including phenoxy) is 2. The maximum atomic E-state index is 14.4. The monoisotopic (exact) mass is 442 g/mol. The summed E-state index contributed by atoms with van der Waals surface area (Å²) in [6, 6.07) is 12.4. The summed E-state index contributed by atoms with van der Waals surface area (Å²) in [6.07, 6.45) is 0. The molecule has 1 amide bonds. The largest absolute Gasteiger partial charge is 0.497 e. The van der Waals surface area contributed by atoms with Crippen molar-refractivity contribution in [2.75, 3.05) is 19.5 Å². The van der Waals surface area contributed by atoms with Crippen molar-refractivity contribution in [1.82, 2.24) is 4.98 Å². The lowest BCUT2D eigenvalue weighted by atomic mass is 10.1. The first-order valence-electron chi connectivity index (χ1n) is 9.14. The third-order valence-electron chi connectivity index (χ3n) is 4.64. The van der Waals surface area contributed by atoms with Crippen molar-refractivity contribution >= 4 is 43.8 Å². The zero-order valence-electron chi connectivity index (χ0n) is 16.6. The zero-order chi connectivity index (χ0) is 21.3. The Morgan fingerprint density at radius 3 is 2.60 bits per heavy atom. The number of carbonyl (C=O) groups excluding carboxylic acids is 1. The predicted molar refractivity (Wildman–Crippen MR) is 119 cm³/mol. The topological polar surface area (TPSA) is 60.5 Å². The molecule has 5 nitrogen and oxygen atoms in total. The number of hydrogen-bond acceptors (Lipinski definition) is 6. The third kappa shape index (κ3) is 3.81. The number of halogens is 1. The lowest BCUT2D eigenvalue weighted by molar-refractivity contribution is 0.102. The number of fused-ring (bicyclic) bond motifs is 1. The second-order valence-corrected chi connectivity index (χ2v) is 8.82. The van der Waals surface area contributed by atoms with Crippen LogP contribution in [0.4, 0.5) is 9.52 Å². The number of aromatic nitrogens is 1. The van der Waals surface area contributed by atoms with Gasteiger partial charge in [-0.3, -0.25) is 10.1 Å². The van der Waals surface area contributed by atoms with Crippen LogP contribution in [0.15, 0.2) is 42.5 Å². The SMILES string of the molecule is COCc1c(C(=O)Nc2nc(-c3ccc(OC)cc3)c(C)s2)sc2cccc(F)c12. The summed E-state index contributed by atoms with van der Waals surface area (Å²) < 4.78 is 25.5. The van der Waals surface area contributed by atoms with E-state index in [-0.39, 0.29) is 18.3 Å². The van der Waals surface area contributed by atoms with Gasteiger partial charge in [-0.15, -0.1) is 22.7 Å². The van der Waals surface area contributed by atoms with E-state index in [4.69, 9.17) is 9.47 Å². The van der Waals surface area contributed by atoms with Gasteiger partial charge < -0.3 is 9.47 Å². The minimum Gasteiger partial charge on any atom is -0.497 e. The van der Waals surface area contributed by atoms with Gasteiger partial charge in [0.1, 0.15) is 11.6 Å². The lowest BCUT2D eigenvalue weighted by Gasteiger charge is -2.04. The van der Waals surface area contributed by atoms with Crippen molar-refractivity contribution in [2.45, 2.75) is 13.5 Å². The van der Waals surface area contributed by atoms with Crippen LogP contribution in [0.2, 0.25) is 0 Å². The van der Waals surface area contributed by atoms with Gasteiger partial charge in [0.05, 0.1) is 24.3 Å². The minimum absolute atomic E-state index is 0.150. The van der Waals surface area contributed by atoms with Crippen LogP contribution in [0.25, 0.3) is 21.3 Å². The number of rotatable bonds is 6. The van der Waals surface area contributed by atoms with Crippen molar-refractivity contribution in [1.29, 1.82) is 0 Å². The number of benzene rings is 2. The number of anilines is 1. The zero-order valence-corrected chi connectivity index (χ0v) is 18.2. The summed E-state index contributed by atoms with van der Waals surface area (Å²) in [5, 5.41) is 3.79. The second kappa shape index (κ2) is 8.51. The number of thiazole rings is 1. The molecule has 1 N–H and O–H groups in total. The Morgan fingerprint density at radius 2 is 1.90 bits per heavy atom. The lowest BCUT2D eigenvalue weighted by Crippen LogP contribution is -2.12. The number of nitrogens with one attached hydrogen (secondary N) is 1. The molecule has 0 radical (unpaired) electrons. The number of methoxy groups -OCH3 is 2. The van der Waals surface area contributed by atoms with E-state index in [0.717, 1.165) is 21.9 Å². The molecule has 0 saturated carbocycles. The van der Waals surface area contributed by atoms with Crippen LogP contribution in [0.5, 0.6) is 5.75 Å². The van der Waals surface area contributed by atoms with Gasteiger partial charge in [0.2, 0.25) is 0 Å². The van der Waals surface area contributed by atoms with Crippen molar-refractivity contribution < 1.29 is 18.7 Å². The number of thiophene rings is 1. The van der Waals surface area contributed by atoms with Gasteiger partial charge >= 0.3 is 0 Å². The van der Waals surface area contributed by atoms with Gasteiger partial charge in [-0.1, -0.05) is 6.07 Å². The molecule has 4 rings (SSSR count). The van der Waals surface area contributed by atoms with Crippen LogP contribution in [0, 0.1) is 12.7 Å². The van der Waals surface area contributed by atoms with E-state index < -0.39 is 0 Å². The average molecular weight is 443 g/mol. The first-order valence-corrected chi connectivity index (χ1v) is 10.8. The summed E-state index contributed by atoms with van der Waals surface area (Å²) in [5.41, 5.74) is 2.29. The molecular formula is C22H19FN2O3S2. The fraction of sp³-hybridized carbons (Fsp3) is 0.182. The van der Waals surface area contributed by atoms with Gasteiger partial charge in [-0.25, -0.2) is 9.37 Å². The molecule has 0 bridgehead atoms. The van der Waals surface area contributed by atoms with Crippen LogP contribution >= 0.6 is 22.7 Å². The maximum Gasteiger partial charge on any atom is 0.267 e. The Morgan fingerprint density at radius 1 is 1.13 bits per heavy atom. The molecule has 2 heterocycles. The van der Waals surface area contributed by atoms with Crippen LogP contribution in [-0.4, -0.2) is 25.1 Å². The van der Waals surface area contributed by atoms with Crippen molar-refractivity contribution in [3.05, 3.63) is 63.6 Å². The summed E-state index contributed by atoms with van der Waals surface area (Å²) in [5.74, 6) is 0.0854. The van der Waals surface area contributed by atoms with Gasteiger partial charge in [0.15, 0.2) is 5.13 Å². The fourth-order valence-corrected chi connectivity index (χ4v) is 5.20. The normalized spacial score (nSPS) is 11.1. The second-order valence-electron chi connectivity index (χ2n) is 6.56. The summed E-state index contributed by atoms with van der Waals surface area (Å²) in [6.45, 7) is 2.11. The molecule has 0 aliphatic rings. The van der Waals surface area contributed by atoms with Gasteiger partial charge in [-0.2, -0.15) is 0 Å². The number of aryl methyl sites for hydroxylation is 1. The highest BCUT2D eigenvalue weighted by Gasteiger charge is 2.22. The Kier molecular flexibility index (Phi) is 5.80. The average Bonchev–Trinajstić information content (AvgIpc) is 3.29. The molecule has 0 aliphatic heterocycles. The molecule has 0 aliphatic carbocycles. The van der Waals surface area contributed by atoms with Crippen LogP contribution in [-0.2, 0) is 11.3 Å². The van der Waals surface area contributed by atoms with E-state index in [1.807, 2.05) is 31.2 Å². The standard InChI is InChI=1S/C22H19FN2O3S2/c1-12-19(13-7-9-14(28-3)10-8-13)24-22(29-12)25-21(26)20-15(11-27-2)18-16(23)5-4-6-17(18)30-20/h4-10H,11H2,1-3H3,(H,24,25,26). The Labute approximate surface area is 181 Å². The minimum atomic E-state index is -0.360. The van der Waals surface area contributed by atoms with Crippen LogP contribution in [0.3, 0.4) is 0 Å². The number of carbonyl (C=O) groups is 1. The molecule has 2 aromatic heterocycles. The van der Waals surface area contributed by atoms with Crippen molar-refractivity contribution in [3.63, 3.8) is 0 Å². The smallest absolute Gasteiger partial charge is 0.267 e. The quantitative estimate of drug-likeness (QED) is 0.405. The molecule has 4 aromatic rings. The molecule has 2 aromatic carbocycles. The van der Waals surface area contributed by atoms with Crippen molar-refractivity contribution in [3.8, 4) is 17.0 Å². The number of nitrogens with zero attached hydrogens (tertiary/aromatic N) is 1. The Balaban J connectivity index is 1.65. The first kappa shape index (κ1) is 20.5. The molecule has 154 valence electrons. The van der Waals surface area contributed by atoms with E-state index >= 15 is 0 Å². The molecule has 0 spiro atoms. The molecule has 0 atom stereocenters. The summed E-state index contributed by atoms with van der Waals surface area (Å²) in [4.78, 5) is 19.0. The maximum absolute atomic E-state index is 14.4. The Bertz CT molecular complexity index is 1220. The first-order chi connectivity index (χ1) is 14.5. The highest BCUT2D eigenvalue weighted by molar-refractivity contribution is 7.21. The van der Waals surface area contributed by atoms with E-state index in [9.17, 15) is 9.18 Å². The Hall–Kier alpha value is -2.81.